The van der Waals surface area contributed by atoms with E-state index in [1.807, 2.05) is 0 Å². The van der Waals surface area contributed by atoms with Gasteiger partial charge < -0.3 is 32.5 Å². The average Bonchev–Trinajstić information content (AvgIpc) is 2.36. The highest BCUT2D eigenvalue weighted by molar-refractivity contribution is 5.85. The quantitative estimate of drug-likeness (QED) is 0.294. The van der Waals surface area contributed by atoms with Crippen molar-refractivity contribution >= 4 is 30.3 Å². The van der Waals surface area contributed by atoms with Crippen LogP contribution in [0.25, 0.3) is 0 Å². The van der Waals surface area contributed by atoms with E-state index in [1.165, 1.54) is 0 Å². The van der Waals surface area contributed by atoms with Gasteiger partial charge in [-0.25, -0.2) is 0 Å². The summed E-state index contributed by atoms with van der Waals surface area (Å²) in [5, 5.41) is 24.6. The molecule has 2 unspecified atom stereocenters. The Kier molecular flexibility index (Phi) is 17.5. The molecular formula is C11H24ClN3O6. The van der Waals surface area contributed by atoms with Gasteiger partial charge >= 0.3 is 17.9 Å². The van der Waals surface area contributed by atoms with Gasteiger partial charge in [0.05, 0.1) is 0 Å². The van der Waals surface area contributed by atoms with Gasteiger partial charge in [0.2, 0.25) is 0 Å². The second-order valence-corrected chi connectivity index (χ2v) is 4.11. The third kappa shape index (κ3) is 18.6. The van der Waals surface area contributed by atoms with Gasteiger partial charge in [0.15, 0.2) is 0 Å². The lowest BCUT2D eigenvalue weighted by Gasteiger charge is -2.03. The Bertz CT molecular complexity index is 316. The van der Waals surface area contributed by atoms with Crippen molar-refractivity contribution in [2.45, 2.75) is 44.2 Å². The van der Waals surface area contributed by atoms with Gasteiger partial charge in [0.25, 0.3) is 0 Å². The molecule has 0 saturated carbocycles. The highest BCUT2D eigenvalue weighted by Gasteiger charge is 2.12. The van der Waals surface area contributed by atoms with Crippen molar-refractivity contribution in [1.82, 2.24) is 0 Å². The first-order chi connectivity index (χ1) is 9.22. The number of rotatable bonds is 9. The zero-order valence-corrected chi connectivity index (χ0v) is 12.4. The maximum absolute atomic E-state index is 10.1. The van der Waals surface area contributed by atoms with Crippen LogP contribution in [0.2, 0.25) is 0 Å². The summed E-state index contributed by atoms with van der Waals surface area (Å²) < 4.78 is 0. The van der Waals surface area contributed by atoms with Gasteiger partial charge in [0.1, 0.15) is 12.1 Å². The number of nitrogens with two attached hydrogens (primary N) is 3. The molecule has 0 heterocycles. The van der Waals surface area contributed by atoms with Gasteiger partial charge in [-0.3, -0.25) is 14.4 Å². The smallest absolute Gasteiger partial charge is 0.320 e. The maximum Gasteiger partial charge on any atom is 0.320 e. The average molecular weight is 330 g/mol. The van der Waals surface area contributed by atoms with E-state index in [0.29, 0.717) is 13.0 Å². The number of aliphatic carboxylic acids is 3. The fourth-order valence-electron chi connectivity index (χ4n) is 1.03. The van der Waals surface area contributed by atoms with Crippen molar-refractivity contribution < 1.29 is 29.7 Å². The third-order valence-electron chi connectivity index (χ3n) is 2.27. The summed E-state index contributed by atoms with van der Waals surface area (Å²) in [6, 6.07) is -1.78. The molecule has 0 aromatic carbocycles. The molecule has 0 bridgehead atoms. The fraction of sp³-hybridized carbons (Fsp3) is 0.727. The summed E-state index contributed by atoms with van der Waals surface area (Å²) in [6.07, 6.45) is 1.94. The third-order valence-corrected chi connectivity index (χ3v) is 2.27. The zero-order valence-electron chi connectivity index (χ0n) is 11.6. The Hall–Kier alpha value is -1.42. The van der Waals surface area contributed by atoms with Crippen LogP contribution in [0.15, 0.2) is 0 Å². The number of unbranched alkanes of at least 4 members (excludes halogenated alkanes) is 1. The van der Waals surface area contributed by atoms with E-state index in [-0.39, 0.29) is 25.2 Å². The van der Waals surface area contributed by atoms with Crippen LogP contribution in [0.3, 0.4) is 0 Å². The summed E-state index contributed by atoms with van der Waals surface area (Å²) in [5.41, 5.74) is 15.4. The second-order valence-electron chi connectivity index (χ2n) is 4.11. The molecule has 0 saturated heterocycles. The molecule has 126 valence electrons. The van der Waals surface area contributed by atoms with E-state index in [0.717, 1.165) is 12.8 Å². The minimum atomic E-state index is -1.17. The van der Waals surface area contributed by atoms with Crippen LogP contribution in [-0.2, 0) is 14.4 Å². The minimum Gasteiger partial charge on any atom is -0.481 e. The first-order valence-electron chi connectivity index (χ1n) is 6.11. The Morgan fingerprint density at radius 1 is 0.857 bits per heavy atom. The fourth-order valence-corrected chi connectivity index (χ4v) is 1.03. The van der Waals surface area contributed by atoms with E-state index in [4.69, 9.17) is 32.5 Å². The van der Waals surface area contributed by atoms with Crippen LogP contribution in [0.4, 0.5) is 0 Å². The maximum atomic E-state index is 10.1. The molecular weight excluding hydrogens is 306 g/mol. The SMILES string of the molecule is Cl.NC(CCC(=O)O)C(=O)O.NCCCCC(N)C(=O)O. The molecule has 2 atom stereocenters. The van der Waals surface area contributed by atoms with E-state index >= 15 is 0 Å². The van der Waals surface area contributed by atoms with Crippen LogP contribution in [0.1, 0.15) is 32.1 Å². The molecule has 10 heteroatoms. The van der Waals surface area contributed by atoms with E-state index < -0.39 is 30.0 Å². The number of carboxylic acids is 3. The number of carboxylic acid groups (broad SMARTS) is 3. The van der Waals surface area contributed by atoms with Gasteiger partial charge in [-0.1, -0.05) is 6.42 Å². The lowest BCUT2D eigenvalue weighted by Crippen LogP contribution is -2.30. The molecule has 0 aliphatic heterocycles. The van der Waals surface area contributed by atoms with Gasteiger partial charge in [-0.2, -0.15) is 0 Å². The summed E-state index contributed by atoms with van der Waals surface area (Å²) in [4.78, 5) is 30.0. The molecule has 0 radical (unpaired) electrons. The zero-order chi connectivity index (χ0) is 16.1. The van der Waals surface area contributed by atoms with Crippen LogP contribution in [0, 0.1) is 0 Å². The van der Waals surface area contributed by atoms with Crippen LogP contribution in [-0.4, -0.2) is 51.9 Å². The summed E-state index contributed by atoms with van der Waals surface area (Å²) >= 11 is 0. The minimum absolute atomic E-state index is 0. The van der Waals surface area contributed by atoms with Gasteiger partial charge in [-0.05, 0) is 25.8 Å². The van der Waals surface area contributed by atoms with Crippen molar-refractivity contribution in [3.63, 3.8) is 0 Å². The number of hydrogen-bond donors (Lipinski definition) is 6. The molecule has 0 spiro atoms. The normalized spacial score (nSPS) is 12.1. The monoisotopic (exact) mass is 329 g/mol. The van der Waals surface area contributed by atoms with Crippen molar-refractivity contribution in [3.05, 3.63) is 0 Å². The summed E-state index contributed by atoms with van der Waals surface area (Å²) in [6.45, 7) is 0.604. The number of halogens is 1. The Morgan fingerprint density at radius 3 is 1.62 bits per heavy atom. The second kappa shape index (κ2) is 15.0. The van der Waals surface area contributed by atoms with Crippen LogP contribution >= 0.6 is 12.4 Å². The van der Waals surface area contributed by atoms with Crippen LogP contribution < -0.4 is 17.2 Å². The summed E-state index contributed by atoms with van der Waals surface area (Å²) in [7, 11) is 0. The van der Waals surface area contributed by atoms with Crippen molar-refractivity contribution in [2.75, 3.05) is 6.54 Å². The molecule has 9 N–H and O–H groups in total. The summed E-state index contributed by atoms with van der Waals surface area (Å²) in [5.74, 6) is -3.13. The van der Waals surface area contributed by atoms with E-state index in [2.05, 4.69) is 0 Å². The predicted molar refractivity (Wildman–Crippen MR) is 78.2 cm³/mol. The molecule has 0 aromatic rings. The number of hydrogen-bond acceptors (Lipinski definition) is 6. The Morgan fingerprint density at radius 2 is 1.29 bits per heavy atom. The highest BCUT2D eigenvalue weighted by Crippen LogP contribution is 1.97. The first kappa shape index (κ1) is 24.6. The van der Waals surface area contributed by atoms with Crippen molar-refractivity contribution in [2.24, 2.45) is 17.2 Å². The Labute approximate surface area is 128 Å². The van der Waals surface area contributed by atoms with Gasteiger partial charge in [0, 0.05) is 6.42 Å². The lowest BCUT2D eigenvalue weighted by atomic mass is 10.1. The molecule has 0 aliphatic rings. The molecule has 0 aromatic heterocycles. The molecule has 0 rings (SSSR count). The van der Waals surface area contributed by atoms with Gasteiger partial charge in [-0.15, -0.1) is 12.4 Å². The predicted octanol–water partition coefficient (Wildman–Crippen LogP) is -0.788. The largest absolute Gasteiger partial charge is 0.481 e. The van der Waals surface area contributed by atoms with E-state index in [1.54, 1.807) is 0 Å². The van der Waals surface area contributed by atoms with E-state index in [9.17, 15) is 14.4 Å². The molecule has 0 amide bonds. The van der Waals surface area contributed by atoms with Crippen molar-refractivity contribution in [3.8, 4) is 0 Å². The highest BCUT2D eigenvalue weighted by atomic mass is 35.5. The number of carbonyl (C=O) groups is 3. The van der Waals surface area contributed by atoms with Crippen molar-refractivity contribution in [1.29, 1.82) is 0 Å². The molecule has 0 aliphatic carbocycles. The first-order valence-corrected chi connectivity index (χ1v) is 6.11. The molecule has 0 fully saturated rings. The topological polar surface area (TPSA) is 190 Å². The molecule has 21 heavy (non-hydrogen) atoms. The molecule has 9 nitrogen and oxygen atoms in total. The Balaban J connectivity index is -0.000000295. The lowest BCUT2D eigenvalue weighted by molar-refractivity contribution is -0.140. The standard InChI is InChI=1S/C6H14N2O2.C5H9NO4.ClH/c7-4-2-1-3-5(8)6(9)10;6-3(5(9)10)1-2-4(7)8;/h5H,1-4,7-8H2,(H,9,10);3H,1-2,6H2,(H,7,8)(H,9,10);1H. The van der Waals surface area contributed by atoms with Crippen LogP contribution in [0.5, 0.6) is 0 Å².